The molecule has 256 valence electrons. The van der Waals surface area contributed by atoms with Crippen molar-refractivity contribution in [3.8, 4) is 0 Å². The van der Waals surface area contributed by atoms with Gasteiger partial charge >= 0.3 is 8.25 Å². The Morgan fingerprint density at radius 2 is 0.548 bits per heavy atom. The Labute approximate surface area is 277 Å². The molecule has 2 N–H and O–H groups in total. The van der Waals surface area contributed by atoms with E-state index >= 15 is 0 Å². The molecule has 0 saturated heterocycles. The third-order valence-electron chi connectivity index (χ3n) is 7.95. The Morgan fingerprint density at radius 3 is 0.690 bits per heavy atom. The maximum atomic E-state index is 8.70. The zero-order valence-corrected chi connectivity index (χ0v) is 31.7. The van der Waals surface area contributed by atoms with Crippen LogP contribution < -0.4 is 0 Å². The van der Waals surface area contributed by atoms with Gasteiger partial charge in [0.2, 0.25) is 0 Å². The van der Waals surface area contributed by atoms with Crippen LogP contribution in [0, 0.1) is 0 Å². The molecule has 0 rings (SSSR count). The lowest BCUT2D eigenvalue weighted by Crippen LogP contribution is -1.90. The Bertz CT molecular complexity index is 439. The first-order chi connectivity index (χ1) is 20.3. The van der Waals surface area contributed by atoms with Crippen LogP contribution in [0.5, 0.6) is 0 Å². The van der Waals surface area contributed by atoms with Gasteiger partial charge in [-0.2, -0.15) is 25.3 Å². The topological polar surface area (TPSA) is 57.5 Å². The molecule has 42 heavy (non-hydrogen) atoms. The van der Waals surface area contributed by atoms with E-state index in [2.05, 4.69) is 53.0 Å². The van der Waals surface area contributed by atoms with Crippen LogP contribution in [0.1, 0.15) is 220 Å². The maximum Gasteiger partial charge on any atom is 0.692 e. The Hall–Kier alpha value is 0.720. The predicted molar refractivity (Wildman–Crippen MR) is 199 cm³/mol. The molecule has 0 aliphatic carbocycles. The number of thiol groups is 2. The average molecular weight is 654 g/mol. The quantitative estimate of drug-likeness (QED) is 0.0354. The summed E-state index contributed by atoms with van der Waals surface area (Å²) in [5.41, 5.74) is 0. The van der Waals surface area contributed by atoms with E-state index < -0.39 is 8.25 Å². The molecule has 0 spiro atoms. The van der Waals surface area contributed by atoms with Gasteiger partial charge in [0, 0.05) is 4.57 Å². The van der Waals surface area contributed by atoms with Crippen LogP contribution in [0.25, 0.3) is 0 Å². The van der Waals surface area contributed by atoms with E-state index in [4.69, 9.17) is 14.4 Å². The fourth-order valence-electron chi connectivity index (χ4n) is 5.27. The van der Waals surface area contributed by atoms with Crippen molar-refractivity contribution in [2.75, 3.05) is 0 Å². The summed E-state index contributed by atoms with van der Waals surface area (Å²) >= 11 is 8.83. The second-order valence-corrected chi connectivity index (χ2v) is 15.0. The fourth-order valence-corrected chi connectivity index (χ4v) is 5.63. The van der Waals surface area contributed by atoms with E-state index in [1.165, 1.54) is 193 Å². The number of unbranched alkanes of at least 4 members (excludes halogenated alkanes) is 26. The molecule has 0 aromatic heterocycles. The first-order valence-electron chi connectivity index (χ1n) is 18.5. The SMILES string of the molecule is CCCCCCCCCCCCCCCCC(C)S.CCCCCCCCCCCCCCCCC(C)S.O=[P+](O)O. The van der Waals surface area contributed by atoms with Crippen LogP contribution in [-0.4, -0.2) is 20.3 Å². The van der Waals surface area contributed by atoms with Crippen molar-refractivity contribution in [3.63, 3.8) is 0 Å². The van der Waals surface area contributed by atoms with Crippen LogP contribution in [-0.2, 0) is 4.57 Å². The predicted octanol–water partition coefficient (Wildman–Crippen LogP) is 14.0. The molecule has 0 aromatic carbocycles. The van der Waals surface area contributed by atoms with E-state index in [9.17, 15) is 0 Å². The molecule has 0 aliphatic heterocycles. The van der Waals surface area contributed by atoms with Gasteiger partial charge in [0.15, 0.2) is 0 Å². The summed E-state index contributed by atoms with van der Waals surface area (Å²) in [6.45, 7) is 8.98. The summed E-state index contributed by atoms with van der Waals surface area (Å²) in [5.74, 6) is 0. The van der Waals surface area contributed by atoms with Gasteiger partial charge < -0.3 is 0 Å². The summed E-state index contributed by atoms with van der Waals surface area (Å²) in [5, 5.41) is 1.19. The highest BCUT2D eigenvalue weighted by atomic mass is 32.1. The molecular formula is C36H78O3PS2+. The highest BCUT2D eigenvalue weighted by molar-refractivity contribution is 7.81. The molecule has 3 nitrogen and oxygen atoms in total. The normalized spacial score (nSPS) is 12.2. The highest BCUT2D eigenvalue weighted by Gasteiger charge is 1.97. The molecule has 2 unspecified atom stereocenters. The minimum Gasteiger partial charge on any atom is -0.176 e. The zero-order valence-electron chi connectivity index (χ0n) is 29.0. The van der Waals surface area contributed by atoms with Crippen molar-refractivity contribution in [1.29, 1.82) is 0 Å². The molecule has 6 heteroatoms. The summed E-state index contributed by atoms with van der Waals surface area (Å²) in [7, 11) is -2.87. The lowest BCUT2D eigenvalue weighted by Gasteiger charge is -2.04. The standard InChI is InChI=1S/2C18H38S.HO3P/c2*1-3-4-5-6-7-8-9-10-11-12-13-14-15-16-17-18(2)19;1-4(2)3/h2*18-19H,3-17H2,1-2H3;(H-,1,2,3)/p+1. The Balaban J connectivity index is -0.000000641. The molecule has 0 amide bonds. The smallest absolute Gasteiger partial charge is 0.176 e. The summed E-state index contributed by atoms with van der Waals surface area (Å²) in [6, 6.07) is 0. The molecule has 0 heterocycles. The van der Waals surface area contributed by atoms with Crippen molar-refractivity contribution in [1.82, 2.24) is 0 Å². The lowest BCUT2D eigenvalue weighted by atomic mass is 10.0. The third-order valence-corrected chi connectivity index (χ3v) is 8.47. The van der Waals surface area contributed by atoms with E-state index in [0.29, 0.717) is 10.5 Å². The Morgan fingerprint density at radius 1 is 0.405 bits per heavy atom. The first kappa shape index (κ1) is 47.1. The van der Waals surface area contributed by atoms with Crippen molar-refractivity contribution in [2.24, 2.45) is 0 Å². The van der Waals surface area contributed by atoms with Crippen LogP contribution in [0.3, 0.4) is 0 Å². The van der Waals surface area contributed by atoms with E-state index in [-0.39, 0.29) is 0 Å². The van der Waals surface area contributed by atoms with Crippen LogP contribution in [0.15, 0.2) is 0 Å². The molecule has 0 bridgehead atoms. The van der Waals surface area contributed by atoms with Gasteiger partial charge in [-0.25, -0.2) is 0 Å². The van der Waals surface area contributed by atoms with Crippen molar-refractivity contribution in [2.45, 2.75) is 231 Å². The first-order valence-corrected chi connectivity index (χ1v) is 20.7. The van der Waals surface area contributed by atoms with Gasteiger partial charge in [-0.1, -0.05) is 207 Å². The van der Waals surface area contributed by atoms with Crippen LogP contribution in [0.4, 0.5) is 0 Å². The van der Waals surface area contributed by atoms with Crippen molar-refractivity contribution in [3.05, 3.63) is 0 Å². The number of hydrogen-bond donors (Lipinski definition) is 4. The highest BCUT2D eigenvalue weighted by Crippen LogP contribution is 2.16. The third kappa shape index (κ3) is 60.0. The molecular weight excluding hydrogens is 576 g/mol. The van der Waals surface area contributed by atoms with E-state index in [0.717, 1.165) is 0 Å². The van der Waals surface area contributed by atoms with Crippen molar-refractivity contribution < 1.29 is 14.4 Å². The van der Waals surface area contributed by atoms with Crippen LogP contribution >= 0.6 is 33.5 Å². The molecule has 0 fully saturated rings. The fraction of sp³-hybridized carbons (Fsp3) is 1.00. The van der Waals surface area contributed by atoms with Crippen molar-refractivity contribution >= 4 is 33.5 Å². The lowest BCUT2D eigenvalue weighted by molar-refractivity contribution is 0.405. The summed E-state index contributed by atoms with van der Waals surface area (Å²) in [6.07, 6.45) is 43.1. The number of hydrogen-bond acceptors (Lipinski definition) is 3. The number of rotatable bonds is 30. The van der Waals surface area contributed by atoms with E-state index in [1.807, 2.05) is 0 Å². The summed E-state index contributed by atoms with van der Waals surface area (Å²) < 4.78 is 8.70. The minimum atomic E-state index is -2.87. The molecule has 0 aromatic rings. The van der Waals surface area contributed by atoms with Gasteiger partial charge in [-0.3, -0.25) is 0 Å². The molecule has 0 saturated carbocycles. The molecule has 0 radical (unpaired) electrons. The monoisotopic (exact) mass is 654 g/mol. The molecule has 2 atom stereocenters. The van der Waals surface area contributed by atoms with Gasteiger partial charge in [0.25, 0.3) is 0 Å². The summed E-state index contributed by atoms with van der Waals surface area (Å²) in [4.78, 5) is 14.2. The Kier molecular flexibility index (Phi) is 49.2. The zero-order chi connectivity index (χ0) is 31.9. The second-order valence-electron chi connectivity index (χ2n) is 12.7. The van der Waals surface area contributed by atoms with Gasteiger partial charge in [-0.05, 0) is 23.3 Å². The van der Waals surface area contributed by atoms with Gasteiger partial charge in [-0.15, -0.1) is 9.79 Å². The van der Waals surface area contributed by atoms with E-state index in [1.54, 1.807) is 0 Å². The van der Waals surface area contributed by atoms with Crippen LogP contribution in [0.2, 0.25) is 0 Å². The average Bonchev–Trinajstić information content (AvgIpc) is 2.93. The minimum absolute atomic E-state index is 0.595. The van der Waals surface area contributed by atoms with Gasteiger partial charge in [0.05, 0.1) is 0 Å². The largest absolute Gasteiger partial charge is 0.692 e. The van der Waals surface area contributed by atoms with Gasteiger partial charge in [0.1, 0.15) is 0 Å². The maximum absolute atomic E-state index is 8.70. The second kappa shape index (κ2) is 43.8. The molecule has 0 aliphatic rings.